The van der Waals surface area contributed by atoms with Crippen LogP contribution in [0.1, 0.15) is 29.5 Å². The molecule has 1 aliphatic carbocycles. The maximum Gasteiger partial charge on any atom is 0.192 e. The molecule has 1 unspecified atom stereocenters. The number of aliphatic hydroxyl groups is 1. The molecule has 2 aromatic rings. The van der Waals surface area contributed by atoms with E-state index < -0.39 is 5.79 Å². The summed E-state index contributed by atoms with van der Waals surface area (Å²) < 4.78 is 5.34. The molecule has 0 saturated heterocycles. The quantitative estimate of drug-likeness (QED) is 0.778. The molecule has 2 aromatic carbocycles. The molecule has 18 heavy (non-hydrogen) atoms. The lowest BCUT2D eigenvalue weighted by Gasteiger charge is -2.33. The van der Waals surface area contributed by atoms with Crippen molar-refractivity contribution in [3.63, 3.8) is 0 Å². The molecule has 0 amide bonds. The molecular formula is C16H18O2. The summed E-state index contributed by atoms with van der Waals surface area (Å²) in [5.74, 6) is -1.11. The highest BCUT2D eigenvalue weighted by atomic mass is 16.6. The SMILES string of the molecule is COC1(O)CCCc2cc3c(C)cccc3cc21. The van der Waals surface area contributed by atoms with Crippen LogP contribution in [0.2, 0.25) is 0 Å². The zero-order chi connectivity index (χ0) is 12.8. The number of hydrogen-bond acceptors (Lipinski definition) is 2. The maximum atomic E-state index is 10.5. The number of methoxy groups -OCH3 is 1. The Kier molecular flexibility index (Phi) is 2.65. The van der Waals surface area contributed by atoms with E-state index in [2.05, 4.69) is 37.3 Å². The first-order valence-corrected chi connectivity index (χ1v) is 6.44. The maximum absolute atomic E-state index is 10.5. The fourth-order valence-corrected chi connectivity index (χ4v) is 2.96. The molecule has 0 bridgehead atoms. The molecule has 0 spiro atoms. The molecule has 1 aliphatic rings. The third-order valence-corrected chi connectivity index (χ3v) is 4.04. The molecule has 0 fully saturated rings. The zero-order valence-corrected chi connectivity index (χ0v) is 10.9. The van der Waals surface area contributed by atoms with Crippen LogP contribution in [0.4, 0.5) is 0 Å². The monoisotopic (exact) mass is 242 g/mol. The van der Waals surface area contributed by atoms with Crippen LogP contribution >= 0.6 is 0 Å². The molecular weight excluding hydrogens is 224 g/mol. The van der Waals surface area contributed by atoms with Gasteiger partial charge in [0.05, 0.1) is 0 Å². The summed E-state index contributed by atoms with van der Waals surface area (Å²) in [6.45, 7) is 2.13. The average molecular weight is 242 g/mol. The van der Waals surface area contributed by atoms with Crippen molar-refractivity contribution in [3.05, 3.63) is 47.0 Å². The van der Waals surface area contributed by atoms with Crippen molar-refractivity contribution in [1.82, 2.24) is 0 Å². The van der Waals surface area contributed by atoms with Crippen LogP contribution in [-0.2, 0) is 16.9 Å². The highest BCUT2D eigenvalue weighted by Gasteiger charge is 2.34. The topological polar surface area (TPSA) is 29.5 Å². The predicted octanol–water partition coefficient (Wildman–Crippen LogP) is 3.28. The Bertz CT molecular complexity index is 603. The fraction of sp³-hybridized carbons (Fsp3) is 0.375. The van der Waals surface area contributed by atoms with E-state index in [1.54, 1.807) is 7.11 Å². The summed E-state index contributed by atoms with van der Waals surface area (Å²) in [6, 6.07) is 10.6. The second-order valence-corrected chi connectivity index (χ2v) is 5.15. The van der Waals surface area contributed by atoms with Gasteiger partial charge in [0.2, 0.25) is 0 Å². The van der Waals surface area contributed by atoms with Gasteiger partial charge in [0.15, 0.2) is 5.79 Å². The van der Waals surface area contributed by atoms with Crippen LogP contribution < -0.4 is 0 Å². The largest absolute Gasteiger partial charge is 0.362 e. The van der Waals surface area contributed by atoms with Gasteiger partial charge in [-0.15, -0.1) is 0 Å². The van der Waals surface area contributed by atoms with Crippen LogP contribution in [0.15, 0.2) is 30.3 Å². The van der Waals surface area contributed by atoms with Crippen molar-refractivity contribution in [3.8, 4) is 0 Å². The molecule has 0 radical (unpaired) electrons. The minimum Gasteiger partial charge on any atom is -0.362 e. The highest BCUT2D eigenvalue weighted by molar-refractivity contribution is 5.87. The number of hydrogen-bond donors (Lipinski definition) is 1. The van der Waals surface area contributed by atoms with Gasteiger partial charge in [0.1, 0.15) is 0 Å². The van der Waals surface area contributed by atoms with Crippen LogP contribution in [0.5, 0.6) is 0 Å². The van der Waals surface area contributed by atoms with Gasteiger partial charge in [-0.05, 0) is 47.7 Å². The van der Waals surface area contributed by atoms with Gasteiger partial charge in [-0.2, -0.15) is 0 Å². The van der Waals surface area contributed by atoms with Gasteiger partial charge in [-0.25, -0.2) is 0 Å². The predicted molar refractivity (Wildman–Crippen MR) is 72.5 cm³/mol. The van der Waals surface area contributed by atoms with Crippen LogP contribution in [0, 0.1) is 6.92 Å². The molecule has 94 valence electrons. The van der Waals surface area contributed by atoms with E-state index in [0.717, 1.165) is 18.4 Å². The molecule has 0 heterocycles. The lowest BCUT2D eigenvalue weighted by atomic mass is 9.84. The molecule has 0 aliphatic heterocycles. The normalized spacial score (nSPS) is 23.1. The summed E-state index contributed by atoms with van der Waals surface area (Å²) in [5, 5.41) is 13.0. The molecule has 2 nitrogen and oxygen atoms in total. The minimum atomic E-state index is -1.11. The first-order valence-electron chi connectivity index (χ1n) is 6.44. The van der Waals surface area contributed by atoms with Gasteiger partial charge >= 0.3 is 0 Å². The zero-order valence-electron chi connectivity index (χ0n) is 10.9. The van der Waals surface area contributed by atoms with E-state index in [4.69, 9.17) is 4.74 Å². The standard InChI is InChI=1S/C16H18O2/c1-11-5-3-6-12-10-15-13(9-14(11)12)7-4-8-16(15,17)18-2/h3,5-6,9-10,17H,4,7-8H2,1-2H3. The molecule has 0 saturated carbocycles. The Morgan fingerprint density at radius 2 is 2.11 bits per heavy atom. The van der Waals surface area contributed by atoms with Crippen molar-refractivity contribution >= 4 is 10.8 Å². The molecule has 2 heteroatoms. The molecule has 1 N–H and O–H groups in total. The van der Waals surface area contributed by atoms with E-state index in [9.17, 15) is 5.11 Å². The third kappa shape index (κ3) is 1.64. The first kappa shape index (κ1) is 11.7. The van der Waals surface area contributed by atoms with E-state index in [-0.39, 0.29) is 0 Å². The van der Waals surface area contributed by atoms with Gasteiger partial charge < -0.3 is 9.84 Å². The average Bonchev–Trinajstić information content (AvgIpc) is 2.38. The summed E-state index contributed by atoms with van der Waals surface area (Å²) in [7, 11) is 1.58. The second-order valence-electron chi connectivity index (χ2n) is 5.15. The summed E-state index contributed by atoms with van der Waals surface area (Å²) in [4.78, 5) is 0. The molecule has 1 atom stereocenters. The van der Waals surface area contributed by atoms with Crippen molar-refractivity contribution in [2.75, 3.05) is 7.11 Å². The van der Waals surface area contributed by atoms with Crippen molar-refractivity contribution in [2.24, 2.45) is 0 Å². The summed E-state index contributed by atoms with van der Waals surface area (Å²) >= 11 is 0. The van der Waals surface area contributed by atoms with Crippen molar-refractivity contribution in [1.29, 1.82) is 0 Å². The van der Waals surface area contributed by atoms with Gasteiger partial charge in [0.25, 0.3) is 0 Å². The number of benzene rings is 2. The minimum absolute atomic E-state index is 0.674. The molecule has 0 aromatic heterocycles. The summed E-state index contributed by atoms with van der Waals surface area (Å²) in [6.07, 6.45) is 2.66. The van der Waals surface area contributed by atoms with E-state index in [0.29, 0.717) is 6.42 Å². The van der Waals surface area contributed by atoms with E-state index >= 15 is 0 Å². The lowest BCUT2D eigenvalue weighted by molar-refractivity contribution is -0.203. The number of ether oxygens (including phenoxy) is 1. The Hall–Kier alpha value is -1.38. The van der Waals surface area contributed by atoms with Crippen molar-refractivity contribution < 1.29 is 9.84 Å². The second kappa shape index (κ2) is 4.08. The number of aryl methyl sites for hydroxylation is 2. The smallest absolute Gasteiger partial charge is 0.192 e. The first-order chi connectivity index (χ1) is 8.64. The van der Waals surface area contributed by atoms with E-state index in [1.165, 1.54) is 21.9 Å². The number of fused-ring (bicyclic) bond motifs is 2. The Labute approximate surface area is 107 Å². The fourth-order valence-electron chi connectivity index (χ4n) is 2.96. The van der Waals surface area contributed by atoms with Crippen LogP contribution in [0.3, 0.4) is 0 Å². The van der Waals surface area contributed by atoms with E-state index in [1.807, 2.05) is 0 Å². The van der Waals surface area contributed by atoms with Gasteiger partial charge in [-0.3, -0.25) is 0 Å². The molecule has 3 rings (SSSR count). The summed E-state index contributed by atoms with van der Waals surface area (Å²) in [5.41, 5.74) is 3.43. The highest BCUT2D eigenvalue weighted by Crippen LogP contribution is 2.38. The van der Waals surface area contributed by atoms with Crippen LogP contribution in [0.25, 0.3) is 10.8 Å². The van der Waals surface area contributed by atoms with Crippen molar-refractivity contribution in [2.45, 2.75) is 32.0 Å². The Balaban J connectivity index is 2.29. The Morgan fingerprint density at radius 1 is 1.28 bits per heavy atom. The Morgan fingerprint density at radius 3 is 2.89 bits per heavy atom. The number of rotatable bonds is 1. The third-order valence-electron chi connectivity index (χ3n) is 4.04. The van der Waals surface area contributed by atoms with Crippen LogP contribution in [-0.4, -0.2) is 12.2 Å². The lowest BCUT2D eigenvalue weighted by Crippen LogP contribution is -2.32. The van der Waals surface area contributed by atoms with Gasteiger partial charge in [0, 0.05) is 19.1 Å². The van der Waals surface area contributed by atoms with Gasteiger partial charge in [-0.1, -0.05) is 24.3 Å².